The van der Waals surface area contributed by atoms with Crippen molar-refractivity contribution in [1.29, 1.82) is 0 Å². The first-order valence-electron chi connectivity index (χ1n) is 8.48. The van der Waals surface area contributed by atoms with Gasteiger partial charge in [0.2, 0.25) is 0 Å². The highest BCUT2D eigenvalue weighted by Gasteiger charge is 2.20. The molecule has 2 N–H and O–H groups in total. The minimum atomic E-state index is -1.27. The summed E-state index contributed by atoms with van der Waals surface area (Å²) in [5.74, 6) is -3.69. The summed E-state index contributed by atoms with van der Waals surface area (Å²) in [5.41, 5.74) is 2.00. The van der Waals surface area contributed by atoms with Gasteiger partial charge in [0, 0.05) is 11.6 Å². The van der Waals surface area contributed by atoms with Crippen LogP contribution in [-0.2, 0) is 14.3 Å². The van der Waals surface area contributed by atoms with Gasteiger partial charge in [-0.3, -0.25) is 14.4 Å². The van der Waals surface area contributed by atoms with Gasteiger partial charge in [-0.1, -0.05) is 6.07 Å². The summed E-state index contributed by atoms with van der Waals surface area (Å²) in [5, 5.41) is 4.54. The normalized spacial score (nSPS) is 11.5. The highest BCUT2D eigenvalue weighted by Crippen LogP contribution is 2.16. The Hall–Kier alpha value is -3.29. The number of halogens is 2. The lowest BCUT2D eigenvalue weighted by Gasteiger charge is -2.14. The molecule has 2 rings (SSSR count). The smallest absolute Gasteiger partial charge is 0.326 e. The molecule has 0 aliphatic heterocycles. The SMILES string of the molecule is Cc1ccc(C(=O)NCC(=O)OC(C)C(=O)Nc2cc(F)ccc2F)cc1C. The number of ether oxygens (including phenoxy) is 1. The van der Waals surface area contributed by atoms with Crippen LogP contribution in [0, 0.1) is 25.5 Å². The number of carbonyl (C=O) groups excluding carboxylic acids is 3. The molecule has 2 aromatic carbocycles. The topological polar surface area (TPSA) is 84.5 Å². The predicted octanol–water partition coefficient (Wildman–Crippen LogP) is 2.88. The van der Waals surface area contributed by atoms with Crippen LogP contribution in [0.25, 0.3) is 0 Å². The van der Waals surface area contributed by atoms with Crippen LogP contribution in [0.1, 0.15) is 28.4 Å². The minimum absolute atomic E-state index is 0.365. The fourth-order valence-electron chi connectivity index (χ4n) is 2.26. The van der Waals surface area contributed by atoms with E-state index in [1.807, 2.05) is 13.8 Å². The van der Waals surface area contributed by atoms with Crippen molar-refractivity contribution < 1.29 is 27.9 Å². The molecular formula is C20H20F2N2O4. The number of hydrogen-bond acceptors (Lipinski definition) is 4. The van der Waals surface area contributed by atoms with Crippen LogP contribution < -0.4 is 10.6 Å². The maximum absolute atomic E-state index is 13.5. The molecule has 0 aromatic heterocycles. The van der Waals surface area contributed by atoms with Crippen LogP contribution in [0.4, 0.5) is 14.5 Å². The molecular weight excluding hydrogens is 370 g/mol. The summed E-state index contributed by atoms with van der Waals surface area (Å²) in [6, 6.07) is 7.70. The molecule has 0 aliphatic carbocycles. The van der Waals surface area contributed by atoms with Gasteiger partial charge in [0.05, 0.1) is 5.69 Å². The minimum Gasteiger partial charge on any atom is -0.451 e. The molecule has 0 bridgehead atoms. The molecule has 2 aromatic rings. The number of amides is 2. The number of nitrogens with one attached hydrogen (secondary N) is 2. The maximum Gasteiger partial charge on any atom is 0.326 e. The first-order valence-corrected chi connectivity index (χ1v) is 8.48. The van der Waals surface area contributed by atoms with Crippen molar-refractivity contribution in [3.05, 3.63) is 64.7 Å². The lowest BCUT2D eigenvalue weighted by molar-refractivity contribution is -0.152. The monoisotopic (exact) mass is 390 g/mol. The zero-order valence-corrected chi connectivity index (χ0v) is 15.6. The molecule has 0 spiro atoms. The largest absolute Gasteiger partial charge is 0.451 e. The molecule has 28 heavy (non-hydrogen) atoms. The summed E-state index contributed by atoms with van der Waals surface area (Å²) >= 11 is 0. The van der Waals surface area contributed by atoms with Gasteiger partial charge in [-0.05, 0) is 56.2 Å². The third kappa shape index (κ3) is 5.60. The van der Waals surface area contributed by atoms with E-state index in [0.29, 0.717) is 5.56 Å². The molecule has 0 saturated heterocycles. The second kappa shape index (κ2) is 9.07. The van der Waals surface area contributed by atoms with Crippen LogP contribution in [-0.4, -0.2) is 30.4 Å². The summed E-state index contributed by atoms with van der Waals surface area (Å²) in [6.45, 7) is 4.60. The Kier molecular flexibility index (Phi) is 6.81. The van der Waals surface area contributed by atoms with Crippen molar-refractivity contribution in [3.63, 3.8) is 0 Å². The summed E-state index contributed by atoms with van der Waals surface area (Å²) in [6.07, 6.45) is -1.27. The van der Waals surface area contributed by atoms with Gasteiger partial charge < -0.3 is 15.4 Å². The number of anilines is 1. The third-order valence-electron chi connectivity index (χ3n) is 4.03. The quantitative estimate of drug-likeness (QED) is 0.743. The van der Waals surface area contributed by atoms with E-state index < -0.39 is 42.1 Å². The number of carbonyl (C=O) groups is 3. The van der Waals surface area contributed by atoms with E-state index in [4.69, 9.17) is 4.74 Å². The molecule has 148 valence electrons. The Morgan fingerprint density at radius 2 is 1.75 bits per heavy atom. The van der Waals surface area contributed by atoms with Gasteiger partial charge in [-0.15, -0.1) is 0 Å². The van der Waals surface area contributed by atoms with Gasteiger partial charge >= 0.3 is 5.97 Å². The average molecular weight is 390 g/mol. The third-order valence-corrected chi connectivity index (χ3v) is 4.03. The second-order valence-electron chi connectivity index (χ2n) is 6.23. The van der Waals surface area contributed by atoms with Crippen molar-refractivity contribution in [2.45, 2.75) is 26.9 Å². The van der Waals surface area contributed by atoms with Crippen LogP contribution in [0.15, 0.2) is 36.4 Å². The molecule has 1 atom stereocenters. The molecule has 6 nitrogen and oxygen atoms in total. The lowest BCUT2D eigenvalue weighted by Crippen LogP contribution is -2.36. The predicted molar refractivity (Wildman–Crippen MR) is 98.8 cm³/mol. The van der Waals surface area contributed by atoms with E-state index in [2.05, 4.69) is 10.6 Å². The van der Waals surface area contributed by atoms with E-state index in [9.17, 15) is 23.2 Å². The Labute approximate surface area is 160 Å². The number of rotatable bonds is 6. The molecule has 2 amide bonds. The number of aryl methyl sites for hydroxylation is 2. The fourth-order valence-corrected chi connectivity index (χ4v) is 2.26. The first kappa shape index (κ1) is 21.0. The molecule has 8 heteroatoms. The van der Waals surface area contributed by atoms with E-state index in [1.54, 1.807) is 18.2 Å². The van der Waals surface area contributed by atoms with Gasteiger partial charge in [0.15, 0.2) is 6.10 Å². The zero-order valence-electron chi connectivity index (χ0n) is 15.6. The standard InChI is InChI=1S/C20H20F2N2O4/c1-11-4-5-14(8-12(11)2)20(27)23-10-18(25)28-13(3)19(26)24-17-9-15(21)6-7-16(17)22/h4-9,13H,10H2,1-3H3,(H,23,27)(H,24,26). The van der Waals surface area contributed by atoms with Crippen LogP contribution >= 0.6 is 0 Å². The summed E-state index contributed by atoms with van der Waals surface area (Å²) in [4.78, 5) is 35.9. The van der Waals surface area contributed by atoms with Crippen LogP contribution in [0.2, 0.25) is 0 Å². The molecule has 0 heterocycles. The maximum atomic E-state index is 13.5. The highest BCUT2D eigenvalue weighted by molar-refractivity contribution is 5.97. The number of benzene rings is 2. The molecule has 0 fully saturated rings. The van der Waals surface area contributed by atoms with Crippen molar-refractivity contribution in [2.75, 3.05) is 11.9 Å². The van der Waals surface area contributed by atoms with Crippen molar-refractivity contribution >= 4 is 23.5 Å². The van der Waals surface area contributed by atoms with Gasteiger partial charge in [0.25, 0.3) is 11.8 Å². The Bertz CT molecular complexity index is 915. The Morgan fingerprint density at radius 1 is 1.04 bits per heavy atom. The lowest BCUT2D eigenvalue weighted by atomic mass is 10.1. The van der Waals surface area contributed by atoms with Gasteiger partial charge in [-0.25, -0.2) is 8.78 Å². The Morgan fingerprint density at radius 3 is 2.43 bits per heavy atom. The fraction of sp³-hybridized carbons (Fsp3) is 0.250. The van der Waals surface area contributed by atoms with Gasteiger partial charge in [-0.2, -0.15) is 0 Å². The first-order chi connectivity index (χ1) is 13.2. The van der Waals surface area contributed by atoms with Crippen molar-refractivity contribution in [1.82, 2.24) is 5.32 Å². The average Bonchev–Trinajstić information content (AvgIpc) is 2.64. The molecule has 0 aliphatic rings. The van der Waals surface area contributed by atoms with Crippen LogP contribution in [0.5, 0.6) is 0 Å². The second-order valence-corrected chi connectivity index (χ2v) is 6.23. The summed E-state index contributed by atoms with van der Waals surface area (Å²) in [7, 11) is 0. The van der Waals surface area contributed by atoms with Crippen molar-refractivity contribution in [3.8, 4) is 0 Å². The van der Waals surface area contributed by atoms with Crippen molar-refractivity contribution in [2.24, 2.45) is 0 Å². The van der Waals surface area contributed by atoms with E-state index in [1.165, 1.54) is 6.92 Å². The molecule has 1 unspecified atom stereocenters. The number of esters is 1. The summed E-state index contributed by atoms with van der Waals surface area (Å²) < 4.78 is 31.6. The highest BCUT2D eigenvalue weighted by atomic mass is 19.1. The molecule has 0 radical (unpaired) electrons. The Balaban J connectivity index is 1.86. The molecule has 0 saturated carbocycles. The number of hydrogen-bond donors (Lipinski definition) is 2. The van der Waals surface area contributed by atoms with E-state index in [-0.39, 0.29) is 5.69 Å². The van der Waals surface area contributed by atoms with Crippen LogP contribution in [0.3, 0.4) is 0 Å². The van der Waals surface area contributed by atoms with E-state index in [0.717, 1.165) is 29.3 Å². The van der Waals surface area contributed by atoms with Gasteiger partial charge in [0.1, 0.15) is 18.2 Å². The van der Waals surface area contributed by atoms with E-state index >= 15 is 0 Å². The zero-order chi connectivity index (χ0) is 20.8.